The van der Waals surface area contributed by atoms with Crippen LogP contribution in [0.25, 0.3) is 10.9 Å². The van der Waals surface area contributed by atoms with E-state index in [2.05, 4.69) is 4.98 Å². The Morgan fingerprint density at radius 1 is 1.40 bits per heavy atom. The zero-order valence-corrected chi connectivity index (χ0v) is 7.41. The normalized spacial score (nSPS) is 10.5. The Hall–Kier alpha value is -2.17. The van der Waals surface area contributed by atoms with Gasteiger partial charge < -0.3 is 14.9 Å². The highest BCUT2D eigenvalue weighted by Gasteiger charge is 2.07. The number of carbonyl (C=O) groups is 1. The van der Waals surface area contributed by atoms with Gasteiger partial charge in [0, 0.05) is 11.6 Å². The summed E-state index contributed by atoms with van der Waals surface area (Å²) in [6, 6.07) is 3.87. The van der Waals surface area contributed by atoms with Crippen molar-refractivity contribution >= 4 is 16.9 Å². The minimum atomic E-state index is -1.58. The molecule has 0 fully saturated rings. The molecule has 0 bridgehead atoms. The molecule has 4 nitrogen and oxygen atoms in total. The largest absolute Gasteiger partial charge is 0.545 e. The monoisotopic (exact) mass is 206 g/mol. The van der Waals surface area contributed by atoms with Gasteiger partial charge in [-0.15, -0.1) is 0 Å². The van der Waals surface area contributed by atoms with Crippen LogP contribution in [-0.4, -0.2) is 11.0 Å². The van der Waals surface area contributed by atoms with Crippen molar-refractivity contribution in [2.45, 2.75) is 0 Å². The van der Waals surface area contributed by atoms with E-state index in [0.717, 1.165) is 6.20 Å². The molecule has 15 heavy (non-hydrogen) atoms. The first-order chi connectivity index (χ1) is 7.11. The van der Waals surface area contributed by atoms with Crippen molar-refractivity contribution in [3.63, 3.8) is 0 Å². The van der Waals surface area contributed by atoms with E-state index in [-0.39, 0.29) is 10.9 Å². The highest BCUT2D eigenvalue weighted by atomic mass is 19.1. The van der Waals surface area contributed by atoms with Crippen molar-refractivity contribution in [1.82, 2.24) is 4.98 Å². The maximum absolute atomic E-state index is 13.2. The van der Waals surface area contributed by atoms with Crippen LogP contribution in [0.3, 0.4) is 0 Å². The van der Waals surface area contributed by atoms with Gasteiger partial charge in [0.05, 0.1) is 17.0 Å². The summed E-state index contributed by atoms with van der Waals surface area (Å²) in [7, 11) is 0. The lowest BCUT2D eigenvalue weighted by molar-refractivity contribution is -0.255. The highest BCUT2D eigenvalue weighted by Crippen LogP contribution is 2.11. The number of para-hydroxylation sites is 1. The fourth-order valence-corrected chi connectivity index (χ4v) is 1.37. The smallest absolute Gasteiger partial charge is 0.198 e. The second-order valence-electron chi connectivity index (χ2n) is 2.98. The van der Waals surface area contributed by atoms with E-state index in [1.165, 1.54) is 18.2 Å². The van der Waals surface area contributed by atoms with E-state index in [9.17, 15) is 19.1 Å². The van der Waals surface area contributed by atoms with Crippen molar-refractivity contribution in [3.05, 3.63) is 46.0 Å². The Kier molecular flexibility index (Phi) is 2.00. The number of rotatable bonds is 1. The number of aromatic carboxylic acids is 1. The quantitative estimate of drug-likeness (QED) is 0.715. The Bertz CT molecular complexity index is 603. The van der Waals surface area contributed by atoms with E-state index in [0.29, 0.717) is 0 Å². The molecule has 1 N–H and O–H groups in total. The summed E-state index contributed by atoms with van der Waals surface area (Å²) in [5, 5.41) is 10.5. The zero-order chi connectivity index (χ0) is 11.0. The van der Waals surface area contributed by atoms with Crippen LogP contribution >= 0.6 is 0 Å². The number of hydrogen-bond donors (Lipinski definition) is 1. The summed E-state index contributed by atoms with van der Waals surface area (Å²) in [6.07, 6.45) is 0.934. The van der Waals surface area contributed by atoms with E-state index in [1.807, 2.05) is 0 Å². The van der Waals surface area contributed by atoms with Gasteiger partial charge in [-0.2, -0.15) is 0 Å². The molecule has 0 saturated heterocycles. The second kappa shape index (κ2) is 3.20. The third kappa shape index (κ3) is 1.38. The van der Waals surface area contributed by atoms with E-state index in [4.69, 9.17) is 0 Å². The van der Waals surface area contributed by atoms with Gasteiger partial charge in [-0.25, -0.2) is 4.39 Å². The summed E-state index contributed by atoms with van der Waals surface area (Å²) in [6.45, 7) is 0. The molecule has 0 radical (unpaired) electrons. The average molecular weight is 206 g/mol. The van der Waals surface area contributed by atoms with Gasteiger partial charge in [0.2, 0.25) is 0 Å². The number of nitrogens with one attached hydrogen (secondary N) is 1. The molecular weight excluding hydrogens is 201 g/mol. The number of aromatic amines is 1. The molecule has 0 aliphatic carbocycles. The predicted molar refractivity (Wildman–Crippen MR) is 48.9 cm³/mol. The van der Waals surface area contributed by atoms with Crippen molar-refractivity contribution in [2.75, 3.05) is 0 Å². The number of fused-ring (bicyclic) bond motifs is 1. The molecule has 0 spiro atoms. The first-order valence-corrected chi connectivity index (χ1v) is 4.12. The van der Waals surface area contributed by atoms with E-state index >= 15 is 0 Å². The molecule has 1 aromatic heterocycles. The standard InChI is InChI=1S/C10H6FNO3/c11-7-3-1-2-5-8(7)12-4-6(9(5)13)10(14)15/h1-4H,(H,12,13)(H,14,15)/p-1. The second-order valence-corrected chi connectivity index (χ2v) is 2.98. The number of H-pyrrole nitrogens is 1. The van der Waals surface area contributed by atoms with Gasteiger partial charge in [-0.1, -0.05) is 6.07 Å². The number of pyridine rings is 1. The number of carboxylic acid groups (broad SMARTS) is 1. The summed E-state index contributed by atoms with van der Waals surface area (Å²) >= 11 is 0. The van der Waals surface area contributed by atoms with Crippen molar-refractivity contribution in [1.29, 1.82) is 0 Å². The van der Waals surface area contributed by atoms with Crippen molar-refractivity contribution < 1.29 is 14.3 Å². The number of aromatic nitrogens is 1. The van der Waals surface area contributed by atoms with Crippen LogP contribution in [0.15, 0.2) is 29.2 Å². The Morgan fingerprint density at radius 2 is 2.13 bits per heavy atom. The van der Waals surface area contributed by atoms with E-state index in [1.54, 1.807) is 0 Å². The van der Waals surface area contributed by atoms with Gasteiger partial charge in [0.1, 0.15) is 5.82 Å². The first kappa shape index (κ1) is 9.39. The van der Waals surface area contributed by atoms with Crippen LogP contribution in [0, 0.1) is 5.82 Å². The van der Waals surface area contributed by atoms with Crippen LogP contribution in [0.5, 0.6) is 0 Å². The van der Waals surface area contributed by atoms with Crippen LogP contribution in [0.1, 0.15) is 10.4 Å². The van der Waals surface area contributed by atoms with Crippen LogP contribution < -0.4 is 10.5 Å². The van der Waals surface area contributed by atoms with Gasteiger partial charge in [0.15, 0.2) is 5.43 Å². The Balaban J connectivity index is 2.92. The molecule has 0 amide bonds. The molecule has 2 aromatic rings. The highest BCUT2D eigenvalue weighted by molar-refractivity contribution is 5.91. The number of hydrogen-bond acceptors (Lipinski definition) is 3. The van der Waals surface area contributed by atoms with Gasteiger partial charge in [-0.05, 0) is 12.1 Å². The Labute approximate surface area is 83.0 Å². The molecule has 1 heterocycles. The van der Waals surface area contributed by atoms with Gasteiger partial charge in [-0.3, -0.25) is 4.79 Å². The van der Waals surface area contributed by atoms with Crippen LogP contribution in [0.2, 0.25) is 0 Å². The Morgan fingerprint density at radius 3 is 2.80 bits per heavy atom. The van der Waals surface area contributed by atoms with Crippen molar-refractivity contribution in [3.8, 4) is 0 Å². The van der Waals surface area contributed by atoms with Gasteiger partial charge >= 0.3 is 0 Å². The minimum Gasteiger partial charge on any atom is -0.545 e. The zero-order valence-electron chi connectivity index (χ0n) is 7.41. The SMILES string of the molecule is O=C([O-])c1c[nH]c2c(F)cccc2c1=O. The lowest BCUT2D eigenvalue weighted by atomic mass is 10.1. The third-order valence-corrected chi connectivity index (χ3v) is 2.08. The minimum absolute atomic E-state index is 0.00306. The summed E-state index contributed by atoms with van der Waals surface area (Å²) < 4.78 is 13.2. The lowest BCUT2D eigenvalue weighted by Crippen LogP contribution is -2.29. The number of carbonyl (C=O) groups excluding carboxylic acids is 1. The molecule has 1 aromatic carbocycles. The maximum atomic E-state index is 13.2. The van der Waals surface area contributed by atoms with Gasteiger partial charge in [0.25, 0.3) is 0 Å². The molecule has 0 atom stereocenters. The number of benzene rings is 1. The number of halogens is 1. The predicted octanol–water partition coefficient (Wildman–Crippen LogP) is 0.0307. The number of carboxylic acids is 1. The lowest BCUT2D eigenvalue weighted by Gasteiger charge is -2.03. The summed E-state index contributed by atoms with van der Waals surface area (Å²) in [4.78, 5) is 24.5. The summed E-state index contributed by atoms with van der Waals surface area (Å²) in [5.41, 5.74) is -1.26. The molecule has 2 rings (SSSR count). The molecular formula is C10H5FNO3-. The third-order valence-electron chi connectivity index (χ3n) is 2.08. The molecule has 0 aliphatic heterocycles. The first-order valence-electron chi connectivity index (χ1n) is 4.12. The molecule has 5 heteroatoms. The fourth-order valence-electron chi connectivity index (χ4n) is 1.37. The summed E-state index contributed by atoms with van der Waals surface area (Å²) in [5.74, 6) is -2.18. The average Bonchev–Trinajstić information content (AvgIpc) is 2.19. The molecule has 0 saturated carbocycles. The molecule has 0 aliphatic rings. The topological polar surface area (TPSA) is 73.0 Å². The molecule has 0 unspecified atom stereocenters. The van der Waals surface area contributed by atoms with E-state index < -0.39 is 22.8 Å². The maximum Gasteiger partial charge on any atom is 0.198 e. The molecule has 76 valence electrons. The fraction of sp³-hybridized carbons (Fsp3) is 0. The van der Waals surface area contributed by atoms with Crippen LogP contribution in [-0.2, 0) is 0 Å². The van der Waals surface area contributed by atoms with Crippen LogP contribution in [0.4, 0.5) is 4.39 Å². The van der Waals surface area contributed by atoms with Crippen molar-refractivity contribution in [2.24, 2.45) is 0 Å².